The van der Waals surface area contributed by atoms with Crippen LogP contribution in [0.1, 0.15) is 37.3 Å². The van der Waals surface area contributed by atoms with Crippen molar-refractivity contribution in [3.05, 3.63) is 35.9 Å². The molecule has 1 aromatic carbocycles. The van der Waals surface area contributed by atoms with E-state index in [1.165, 1.54) is 37.8 Å². The number of benzene rings is 1. The van der Waals surface area contributed by atoms with Crippen molar-refractivity contribution in [1.29, 1.82) is 0 Å². The summed E-state index contributed by atoms with van der Waals surface area (Å²) in [6.07, 6.45) is 5.39. The van der Waals surface area contributed by atoms with E-state index in [2.05, 4.69) is 35.6 Å². The van der Waals surface area contributed by atoms with Crippen LogP contribution in [0.4, 0.5) is 0 Å². The quantitative estimate of drug-likeness (QED) is 0.676. The van der Waals surface area contributed by atoms with Crippen LogP contribution >= 0.6 is 0 Å². The summed E-state index contributed by atoms with van der Waals surface area (Å²) in [6, 6.07) is 11.4. The number of carbonyl (C=O) groups is 2. The third-order valence-corrected chi connectivity index (χ3v) is 2.95. The normalized spacial score (nSPS) is 18.6. The molecule has 0 radical (unpaired) electrons. The van der Waals surface area contributed by atoms with Crippen LogP contribution in [-0.4, -0.2) is 28.7 Å². The second-order valence-corrected chi connectivity index (χ2v) is 4.38. The van der Waals surface area contributed by atoms with Crippen molar-refractivity contribution >= 4 is 11.9 Å². The summed E-state index contributed by atoms with van der Waals surface area (Å²) in [5.41, 5.74) is 1.45. The van der Waals surface area contributed by atoms with E-state index in [9.17, 15) is 0 Å². The maximum absolute atomic E-state index is 9.10. The molecule has 19 heavy (non-hydrogen) atoms. The first kappa shape index (κ1) is 15.2. The first-order chi connectivity index (χ1) is 9.11. The van der Waals surface area contributed by atoms with Gasteiger partial charge in [-0.1, -0.05) is 43.2 Å². The largest absolute Gasteiger partial charge is 0.473 e. The summed E-state index contributed by atoms with van der Waals surface area (Å²) in [7, 11) is 0. The average Bonchev–Trinajstić information content (AvgIpc) is 2.69. The van der Waals surface area contributed by atoms with Gasteiger partial charge >= 0.3 is 11.9 Å². The van der Waals surface area contributed by atoms with Gasteiger partial charge in [0, 0.05) is 6.04 Å². The number of rotatable bonds is 1. The predicted molar refractivity (Wildman–Crippen MR) is 70.9 cm³/mol. The van der Waals surface area contributed by atoms with Crippen molar-refractivity contribution in [2.75, 3.05) is 6.54 Å². The molecule has 5 nitrogen and oxygen atoms in total. The lowest BCUT2D eigenvalue weighted by Gasteiger charge is -2.15. The lowest BCUT2D eigenvalue weighted by Crippen LogP contribution is -2.19. The Balaban J connectivity index is 0.000000258. The van der Waals surface area contributed by atoms with Crippen LogP contribution < -0.4 is 5.32 Å². The zero-order valence-corrected chi connectivity index (χ0v) is 10.7. The molecule has 104 valence electrons. The Morgan fingerprint density at radius 1 is 1.00 bits per heavy atom. The molecule has 2 rings (SSSR count). The summed E-state index contributed by atoms with van der Waals surface area (Å²) in [6.45, 7) is 1.18. The molecule has 1 heterocycles. The second-order valence-electron chi connectivity index (χ2n) is 4.38. The summed E-state index contributed by atoms with van der Waals surface area (Å²) < 4.78 is 0. The van der Waals surface area contributed by atoms with E-state index in [4.69, 9.17) is 19.8 Å². The summed E-state index contributed by atoms with van der Waals surface area (Å²) in [4.78, 5) is 18.2. The SMILES string of the molecule is O=C(O)C(=O)O.c1ccc(C2CCCCCN2)cc1. The molecule has 1 aromatic rings. The molecule has 1 aliphatic rings. The molecule has 0 amide bonds. The summed E-state index contributed by atoms with van der Waals surface area (Å²) in [5.74, 6) is -3.65. The molecule has 1 aliphatic heterocycles. The van der Waals surface area contributed by atoms with E-state index in [-0.39, 0.29) is 0 Å². The molecule has 0 spiro atoms. The van der Waals surface area contributed by atoms with E-state index in [1.54, 1.807) is 0 Å². The summed E-state index contributed by atoms with van der Waals surface area (Å²) >= 11 is 0. The van der Waals surface area contributed by atoms with E-state index < -0.39 is 11.9 Å². The Kier molecular flexibility index (Phi) is 6.60. The fourth-order valence-corrected chi connectivity index (χ4v) is 2.00. The Morgan fingerprint density at radius 2 is 1.63 bits per heavy atom. The smallest absolute Gasteiger partial charge is 0.414 e. The molecule has 0 saturated carbocycles. The predicted octanol–water partition coefficient (Wildman–Crippen LogP) is 2.05. The standard InChI is InChI=1S/C12H17N.C2H2O4/c1-3-7-11(8-4-1)12-9-5-2-6-10-13-12;3-1(4)2(5)6/h1,3-4,7-8,12-13H,2,5-6,9-10H2;(H,3,4)(H,5,6). The maximum atomic E-state index is 9.10. The first-order valence-electron chi connectivity index (χ1n) is 6.36. The molecule has 1 atom stereocenters. The Labute approximate surface area is 112 Å². The second kappa shape index (κ2) is 8.26. The third kappa shape index (κ3) is 6.01. The van der Waals surface area contributed by atoms with Crippen LogP contribution in [-0.2, 0) is 9.59 Å². The van der Waals surface area contributed by atoms with E-state index in [0.717, 1.165) is 0 Å². The van der Waals surface area contributed by atoms with Crippen molar-refractivity contribution in [2.24, 2.45) is 0 Å². The van der Waals surface area contributed by atoms with Gasteiger partial charge in [0.15, 0.2) is 0 Å². The highest BCUT2D eigenvalue weighted by Crippen LogP contribution is 2.21. The number of aliphatic carboxylic acids is 2. The monoisotopic (exact) mass is 265 g/mol. The zero-order chi connectivity index (χ0) is 14.1. The van der Waals surface area contributed by atoms with Gasteiger partial charge in [-0.05, 0) is 24.9 Å². The average molecular weight is 265 g/mol. The fourth-order valence-electron chi connectivity index (χ4n) is 2.00. The van der Waals surface area contributed by atoms with Gasteiger partial charge in [0.25, 0.3) is 0 Å². The highest BCUT2D eigenvalue weighted by molar-refractivity contribution is 6.27. The van der Waals surface area contributed by atoms with Gasteiger partial charge in [-0.25, -0.2) is 9.59 Å². The first-order valence-corrected chi connectivity index (χ1v) is 6.36. The third-order valence-electron chi connectivity index (χ3n) is 2.95. The molecule has 1 unspecified atom stereocenters. The fraction of sp³-hybridized carbons (Fsp3) is 0.429. The van der Waals surface area contributed by atoms with Gasteiger partial charge in [-0.15, -0.1) is 0 Å². The van der Waals surface area contributed by atoms with Crippen LogP contribution in [0.15, 0.2) is 30.3 Å². The Bertz CT molecular complexity index is 385. The van der Waals surface area contributed by atoms with Crippen molar-refractivity contribution in [3.63, 3.8) is 0 Å². The number of carboxylic acid groups (broad SMARTS) is 2. The van der Waals surface area contributed by atoms with Gasteiger partial charge in [-0.3, -0.25) is 0 Å². The Morgan fingerprint density at radius 3 is 2.21 bits per heavy atom. The number of nitrogens with one attached hydrogen (secondary N) is 1. The van der Waals surface area contributed by atoms with Gasteiger partial charge in [-0.2, -0.15) is 0 Å². The highest BCUT2D eigenvalue weighted by Gasteiger charge is 2.12. The molecule has 1 fully saturated rings. The minimum atomic E-state index is -1.82. The highest BCUT2D eigenvalue weighted by atomic mass is 16.4. The molecule has 1 saturated heterocycles. The lowest BCUT2D eigenvalue weighted by atomic mass is 10.0. The van der Waals surface area contributed by atoms with Crippen molar-refractivity contribution < 1.29 is 19.8 Å². The van der Waals surface area contributed by atoms with Gasteiger partial charge in [0.1, 0.15) is 0 Å². The maximum Gasteiger partial charge on any atom is 0.414 e. The van der Waals surface area contributed by atoms with Crippen LogP contribution in [0.5, 0.6) is 0 Å². The van der Waals surface area contributed by atoms with Crippen LogP contribution in [0.2, 0.25) is 0 Å². The zero-order valence-electron chi connectivity index (χ0n) is 10.7. The number of hydrogen-bond acceptors (Lipinski definition) is 3. The molecule has 3 N–H and O–H groups in total. The molecule has 5 heteroatoms. The van der Waals surface area contributed by atoms with Crippen LogP contribution in [0.25, 0.3) is 0 Å². The van der Waals surface area contributed by atoms with Crippen molar-refractivity contribution in [2.45, 2.75) is 31.7 Å². The number of hydrogen-bond donors (Lipinski definition) is 3. The topological polar surface area (TPSA) is 86.6 Å². The minimum Gasteiger partial charge on any atom is -0.473 e. The lowest BCUT2D eigenvalue weighted by molar-refractivity contribution is -0.159. The summed E-state index contributed by atoms with van der Waals surface area (Å²) in [5, 5.41) is 18.4. The van der Waals surface area contributed by atoms with E-state index >= 15 is 0 Å². The van der Waals surface area contributed by atoms with Crippen LogP contribution in [0.3, 0.4) is 0 Å². The molecular weight excluding hydrogens is 246 g/mol. The molecule has 0 aromatic heterocycles. The number of carboxylic acids is 2. The van der Waals surface area contributed by atoms with E-state index in [0.29, 0.717) is 6.04 Å². The van der Waals surface area contributed by atoms with Crippen molar-refractivity contribution in [1.82, 2.24) is 5.32 Å². The van der Waals surface area contributed by atoms with E-state index in [1.807, 2.05) is 0 Å². The Hall–Kier alpha value is -1.88. The minimum absolute atomic E-state index is 0.601. The molecular formula is C14H19NO4. The van der Waals surface area contributed by atoms with Crippen LogP contribution in [0, 0.1) is 0 Å². The molecule has 0 aliphatic carbocycles. The van der Waals surface area contributed by atoms with Gasteiger partial charge in [0.05, 0.1) is 0 Å². The van der Waals surface area contributed by atoms with Crippen molar-refractivity contribution in [3.8, 4) is 0 Å². The van der Waals surface area contributed by atoms with Gasteiger partial charge < -0.3 is 15.5 Å². The molecule has 0 bridgehead atoms. The van der Waals surface area contributed by atoms with Gasteiger partial charge in [0.2, 0.25) is 0 Å².